The van der Waals surface area contributed by atoms with Gasteiger partial charge in [0.15, 0.2) is 18.3 Å². The molecule has 0 aromatic heterocycles. The first-order valence-corrected chi connectivity index (χ1v) is 12.0. The van der Waals surface area contributed by atoms with E-state index in [2.05, 4.69) is 13.5 Å². The Kier molecular flexibility index (Phi) is 10.4. The molecule has 182 valence electrons. The maximum atomic E-state index is 12.0. The van der Waals surface area contributed by atoms with E-state index >= 15 is 0 Å². The Morgan fingerprint density at radius 2 is 1.61 bits per heavy atom. The smallest absolute Gasteiger partial charge is 0.303 e. The van der Waals surface area contributed by atoms with Gasteiger partial charge in [-0.3, -0.25) is 14.4 Å². The molecule has 0 radical (unpaired) electrons. The van der Waals surface area contributed by atoms with Crippen molar-refractivity contribution in [2.45, 2.75) is 70.6 Å². The van der Waals surface area contributed by atoms with Gasteiger partial charge in [0.1, 0.15) is 11.5 Å². The zero-order valence-electron chi connectivity index (χ0n) is 19.7. The predicted molar refractivity (Wildman–Crippen MR) is 123 cm³/mol. The standard InChI is InChI=1S/C24H32O8S/c1-7-11-28-13-19-12-18(10-9-17(19)8-2)20-21(29-14(3)25)22(30-15(4)26)23(31-16(5)27)24(32-20)33-6/h7,9-10,12,20-24H,1,8,11,13H2,2-6H3/t20-,21-,22+,23-,24+/m0/s1. The van der Waals surface area contributed by atoms with Gasteiger partial charge in [-0.05, 0) is 29.4 Å². The van der Waals surface area contributed by atoms with Gasteiger partial charge in [0, 0.05) is 20.8 Å². The van der Waals surface area contributed by atoms with Crippen LogP contribution in [0.25, 0.3) is 0 Å². The molecule has 5 atom stereocenters. The van der Waals surface area contributed by atoms with Gasteiger partial charge in [-0.15, -0.1) is 18.3 Å². The van der Waals surface area contributed by atoms with Gasteiger partial charge in [-0.25, -0.2) is 0 Å². The average Bonchev–Trinajstić information content (AvgIpc) is 2.75. The van der Waals surface area contributed by atoms with Gasteiger partial charge in [0.2, 0.25) is 0 Å². The van der Waals surface area contributed by atoms with Crippen LogP contribution in [0, 0.1) is 0 Å². The summed E-state index contributed by atoms with van der Waals surface area (Å²) in [4.78, 5) is 35.7. The highest BCUT2D eigenvalue weighted by atomic mass is 32.2. The van der Waals surface area contributed by atoms with E-state index in [-0.39, 0.29) is 0 Å². The lowest BCUT2D eigenvalue weighted by molar-refractivity contribution is -0.233. The third-order valence-corrected chi connectivity index (χ3v) is 5.91. The molecule has 0 spiro atoms. The van der Waals surface area contributed by atoms with Crippen molar-refractivity contribution in [3.63, 3.8) is 0 Å². The molecule has 0 unspecified atom stereocenters. The lowest BCUT2D eigenvalue weighted by Gasteiger charge is -2.44. The quantitative estimate of drug-likeness (QED) is 0.216. The summed E-state index contributed by atoms with van der Waals surface area (Å²) in [5, 5.41) is 0. The molecule has 1 saturated heterocycles. The number of hydrogen-bond acceptors (Lipinski definition) is 9. The van der Waals surface area contributed by atoms with Gasteiger partial charge in [0.25, 0.3) is 0 Å². The Hall–Kier alpha value is -2.36. The van der Waals surface area contributed by atoms with E-state index in [0.717, 1.165) is 23.1 Å². The van der Waals surface area contributed by atoms with E-state index in [9.17, 15) is 14.4 Å². The molecule has 0 saturated carbocycles. The van der Waals surface area contributed by atoms with E-state index in [4.69, 9.17) is 23.7 Å². The molecule has 8 nitrogen and oxygen atoms in total. The first-order valence-electron chi connectivity index (χ1n) is 10.7. The van der Waals surface area contributed by atoms with Crippen LogP contribution in [-0.2, 0) is 51.1 Å². The minimum atomic E-state index is -1.04. The average molecular weight is 481 g/mol. The number of carbonyl (C=O) groups is 3. The van der Waals surface area contributed by atoms with Gasteiger partial charge in [-0.1, -0.05) is 31.2 Å². The van der Waals surface area contributed by atoms with Crippen molar-refractivity contribution < 1.29 is 38.1 Å². The van der Waals surface area contributed by atoms with Crippen LogP contribution in [0.3, 0.4) is 0 Å². The van der Waals surface area contributed by atoms with Crippen molar-refractivity contribution in [3.05, 3.63) is 47.5 Å². The van der Waals surface area contributed by atoms with E-state index in [0.29, 0.717) is 13.2 Å². The molecular formula is C24H32O8S. The zero-order chi connectivity index (χ0) is 24.5. The van der Waals surface area contributed by atoms with Crippen molar-refractivity contribution in [2.24, 2.45) is 0 Å². The van der Waals surface area contributed by atoms with E-state index in [1.165, 1.54) is 32.5 Å². The lowest BCUT2D eigenvalue weighted by Crippen LogP contribution is -2.57. The van der Waals surface area contributed by atoms with Crippen LogP contribution in [0.1, 0.15) is 50.5 Å². The Balaban J connectivity index is 2.53. The fourth-order valence-corrected chi connectivity index (χ4v) is 4.50. The number of benzene rings is 1. The van der Waals surface area contributed by atoms with Crippen molar-refractivity contribution in [3.8, 4) is 0 Å². The number of ether oxygens (including phenoxy) is 5. The third kappa shape index (κ3) is 7.31. The second kappa shape index (κ2) is 12.8. The highest BCUT2D eigenvalue weighted by Crippen LogP contribution is 2.40. The summed E-state index contributed by atoms with van der Waals surface area (Å²) in [6, 6.07) is 5.81. The number of hydrogen-bond donors (Lipinski definition) is 0. The van der Waals surface area contributed by atoms with Crippen LogP contribution in [0.15, 0.2) is 30.9 Å². The SMILES string of the molecule is C=CCOCc1cc([C@@H]2O[C@H](SC)[C@@H](OC(C)=O)[C@H](OC(C)=O)[C@H]2OC(C)=O)ccc1CC. The summed E-state index contributed by atoms with van der Waals surface area (Å²) in [5.41, 5.74) is 2.15. The monoisotopic (exact) mass is 480 g/mol. The molecule has 0 aliphatic carbocycles. The molecule has 1 fully saturated rings. The van der Waals surface area contributed by atoms with Gasteiger partial charge >= 0.3 is 17.9 Å². The molecule has 0 bridgehead atoms. The Morgan fingerprint density at radius 1 is 1.00 bits per heavy atom. The number of carbonyl (C=O) groups excluding carboxylic acids is 3. The van der Waals surface area contributed by atoms with Crippen LogP contribution >= 0.6 is 11.8 Å². The van der Waals surface area contributed by atoms with E-state index in [1.807, 2.05) is 18.2 Å². The number of aryl methyl sites for hydroxylation is 1. The molecule has 1 aromatic rings. The number of rotatable bonds is 10. The van der Waals surface area contributed by atoms with Crippen LogP contribution < -0.4 is 0 Å². The minimum Gasteiger partial charge on any atom is -0.455 e. The van der Waals surface area contributed by atoms with Crippen LogP contribution in [-0.4, -0.2) is 54.5 Å². The van der Waals surface area contributed by atoms with Gasteiger partial charge in [-0.2, -0.15) is 0 Å². The zero-order valence-corrected chi connectivity index (χ0v) is 20.5. The first-order chi connectivity index (χ1) is 15.7. The van der Waals surface area contributed by atoms with Crippen LogP contribution in [0.5, 0.6) is 0 Å². The molecule has 33 heavy (non-hydrogen) atoms. The molecule has 2 rings (SSSR count). The van der Waals surface area contributed by atoms with Crippen LogP contribution in [0.2, 0.25) is 0 Å². The normalized spacial score (nSPS) is 24.6. The number of thioether (sulfide) groups is 1. The van der Waals surface area contributed by atoms with E-state index < -0.39 is 47.8 Å². The Labute approximate surface area is 198 Å². The Bertz CT molecular complexity index is 855. The summed E-state index contributed by atoms with van der Waals surface area (Å²) in [5.74, 6) is -1.72. The van der Waals surface area contributed by atoms with Crippen molar-refractivity contribution in [1.82, 2.24) is 0 Å². The van der Waals surface area contributed by atoms with Crippen LogP contribution in [0.4, 0.5) is 0 Å². The highest BCUT2D eigenvalue weighted by Gasteiger charge is 2.52. The topological polar surface area (TPSA) is 97.4 Å². The fourth-order valence-electron chi connectivity index (χ4n) is 3.79. The highest BCUT2D eigenvalue weighted by molar-refractivity contribution is 7.99. The molecule has 0 amide bonds. The molecule has 0 N–H and O–H groups in total. The molecular weight excluding hydrogens is 448 g/mol. The summed E-state index contributed by atoms with van der Waals surface area (Å²) < 4.78 is 28.5. The summed E-state index contributed by atoms with van der Waals surface area (Å²) in [7, 11) is 0. The predicted octanol–water partition coefficient (Wildman–Crippen LogP) is 3.51. The second-order valence-corrected chi connectivity index (χ2v) is 8.50. The molecule has 1 aromatic carbocycles. The maximum Gasteiger partial charge on any atom is 0.303 e. The van der Waals surface area contributed by atoms with Crippen molar-refractivity contribution in [1.29, 1.82) is 0 Å². The fraction of sp³-hybridized carbons (Fsp3) is 0.542. The van der Waals surface area contributed by atoms with E-state index in [1.54, 1.807) is 12.3 Å². The number of esters is 3. The molecule has 1 aliphatic heterocycles. The molecule has 1 heterocycles. The van der Waals surface area contributed by atoms with Crippen molar-refractivity contribution >= 4 is 29.7 Å². The first kappa shape index (κ1) is 26.9. The largest absolute Gasteiger partial charge is 0.455 e. The van der Waals surface area contributed by atoms with Gasteiger partial charge < -0.3 is 23.7 Å². The maximum absolute atomic E-state index is 12.0. The summed E-state index contributed by atoms with van der Waals surface area (Å²) >= 11 is 1.31. The summed E-state index contributed by atoms with van der Waals surface area (Å²) in [6.07, 6.45) is 0.511. The minimum absolute atomic E-state index is 0.378. The van der Waals surface area contributed by atoms with Gasteiger partial charge in [0.05, 0.1) is 13.2 Å². The van der Waals surface area contributed by atoms with Crippen molar-refractivity contribution in [2.75, 3.05) is 12.9 Å². The molecule has 9 heteroatoms. The summed E-state index contributed by atoms with van der Waals surface area (Å²) in [6.45, 7) is 10.3. The second-order valence-electron chi connectivity index (χ2n) is 7.57. The third-order valence-electron chi connectivity index (χ3n) is 5.07. The molecule has 1 aliphatic rings. The lowest BCUT2D eigenvalue weighted by atomic mass is 9.91. The Morgan fingerprint density at radius 3 is 2.15 bits per heavy atom.